The molecular weight excluding hydrogens is 304 g/mol. The summed E-state index contributed by atoms with van der Waals surface area (Å²) in [4.78, 5) is 11.5. The van der Waals surface area contributed by atoms with E-state index in [1.807, 2.05) is 18.6 Å². The van der Waals surface area contributed by atoms with Gasteiger partial charge in [-0.25, -0.2) is 17.9 Å². The lowest BCUT2D eigenvalue weighted by Crippen LogP contribution is -2.40. The molecule has 0 spiro atoms. The van der Waals surface area contributed by atoms with E-state index in [9.17, 15) is 13.2 Å². The predicted molar refractivity (Wildman–Crippen MR) is 86.9 cm³/mol. The quantitative estimate of drug-likeness (QED) is 0.840. The van der Waals surface area contributed by atoms with Crippen molar-refractivity contribution in [2.24, 2.45) is 5.92 Å². The molecule has 0 aliphatic heterocycles. The first-order valence-corrected chi connectivity index (χ1v) is 8.41. The number of rotatable bonds is 6. The number of carbonyl (C=O) groups is 1. The van der Waals surface area contributed by atoms with Crippen LogP contribution in [0.2, 0.25) is 0 Å². The van der Waals surface area contributed by atoms with Gasteiger partial charge in [0.1, 0.15) is 5.75 Å². The second-order valence-corrected chi connectivity index (χ2v) is 6.81. The summed E-state index contributed by atoms with van der Waals surface area (Å²) < 4.78 is 30.8. The number of ether oxygens (including phenoxy) is 1. The number of allylic oxidation sites excluding steroid dienone is 1. The van der Waals surface area contributed by atoms with Gasteiger partial charge in [-0.3, -0.25) is 0 Å². The third-order valence-corrected chi connectivity index (χ3v) is 3.92. The fourth-order valence-corrected chi connectivity index (χ4v) is 2.64. The van der Waals surface area contributed by atoms with Crippen molar-refractivity contribution in [3.05, 3.63) is 35.2 Å². The molecule has 2 amide bonds. The van der Waals surface area contributed by atoms with Crippen molar-refractivity contribution < 1.29 is 17.9 Å². The van der Waals surface area contributed by atoms with Gasteiger partial charge in [-0.1, -0.05) is 26.0 Å². The van der Waals surface area contributed by atoms with Crippen molar-refractivity contribution in [3.8, 4) is 5.75 Å². The second-order valence-electron chi connectivity index (χ2n) is 5.28. The number of amides is 2. The summed E-state index contributed by atoms with van der Waals surface area (Å²) in [7, 11) is -2.29. The Balaban J connectivity index is 2.77. The van der Waals surface area contributed by atoms with Crippen molar-refractivity contribution >= 4 is 21.6 Å². The molecule has 0 atom stereocenters. The van der Waals surface area contributed by atoms with Crippen molar-refractivity contribution in [3.63, 3.8) is 0 Å². The van der Waals surface area contributed by atoms with Gasteiger partial charge in [-0.05, 0) is 36.1 Å². The number of methoxy groups -OCH3 is 1. The smallest absolute Gasteiger partial charge is 0.328 e. The Bertz CT molecular complexity index is 634. The van der Waals surface area contributed by atoms with Crippen LogP contribution in [0.3, 0.4) is 0 Å². The van der Waals surface area contributed by atoms with Crippen LogP contribution in [0.25, 0.3) is 5.57 Å². The minimum Gasteiger partial charge on any atom is -0.497 e. The summed E-state index contributed by atoms with van der Waals surface area (Å²) in [6, 6.07) is 6.25. The zero-order valence-corrected chi connectivity index (χ0v) is 14.0. The van der Waals surface area contributed by atoms with Crippen molar-refractivity contribution in [1.29, 1.82) is 0 Å². The molecule has 0 unspecified atom stereocenters. The van der Waals surface area contributed by atoms with Crippen LogP contribution >= 0.6 is 0 Å². The van der Waals surface area contributed by atoms with E-state index in [1.165, 1.54) is 0 Å². The van der Waals surface area contributed by atoms with Crippen molar-refractivity contribution in [1.82, 2.24) is 10.0 Å². The monoisotopic (exact) mass is 326 g/mol. The van der Waals surface area contributed by atoms with Crippen molar-refractivity contribution in [2.45, 2.75) is 20.8 Å². The van der Waals surface area contributed by atoms with E-state index in [1.54, 1.807) is 38.3 Å². The summed E-state index contributed by atoms with van der Waals surface area (Å²) in [6.45, 7) is 5.90. The summed E-state index contributed by atoms with van der Waals surface area (Å²) in [6.07, 6.45) is 0. The summed E-state index contributed by atoms with van der Waals surface area (Å²) in [5, 5.41) is 3.52. The highest BCUT2D eigenvalue weighted by Crippen LogP contribution is 2.18. The first-order chi connectivity index (χ1) is 10.2. The summed E-state index contributed by atoms with van der Waals surface area (Å²) in [5.74, 6) is 0.927. The van der Waals surface area contributed by atoms with Crippen LogP contribution in [-0.2, 0) is 10.0 Å². The summed E-state index contributed by atoms with van der Waals surface area (Å²) in [5.41, 5.74) is 1.25. The lowest BCUT2D eigenvalue weighted by molar-refractivity contribution is 0.244. The van der Waals surface area contributed by atoms with Gasteiger partial charge in [0, 0.05) is 6.54 Å². The summed E-state index contributed by atoms with van der Waals surface area (Å²) >= 11 is 0. The van der Waals surface area contributed by atoms with Gasteiger partial charge in [0.15, 0.2) is 0 Å². The van der Waals surface area contributed by atoms with E-state index in [0.717, 1.165) is 11.0 Å². The molecule has 0 radical (unpaired) electrons. The molecule has 0 saturated heterocycles. The Morgan fingerprint density at radius 2 is 1.86 bits per heavy atom. The van der Waals surface area contributed by atoms with Gasteiger partial charge in [-0.2, -0.15) is 0 Å². The van der Waals surface area contributed by atoms with E-state index < -0.39 is 16.1 Å². The molecule has 0 fully saturated rings. The molecule has 0 heterocycles. The number of hydrogen-bond donors (Lipinski definition) is 2. The number of nitrogens with one attached hydrogen (secondary N) is 2. The van der Waals surface area contributed by atoms with E-state index in [4.69, 9.17) is 4.74 Å². The molecule has 0 aromatic heterocycles. The lowest BCUT2D eigenvalue weighted by Gasteiger charge is -2.09. The van der Waals surface area contributed by atoms with E-state index in [0.29, 0.717) is 17.9 Å². The molecule has 0 bridgehead atoms. The molecule has 0 saturated carbocycles. The Labute approximate surface area is 131 Å². The van der Waals surface area contributed by atoms with Crippen LogP contribution in [0, 0.1) is 5.92 Å². The molecule has 1 rings (SSSR count). The van der Waals surface area contributed by atoms with Gasteiger partial charge in [0.2, 0.25) is 0 Å². The molecule has 1 aromatic rings. The van der Waals surface area contributed by atoms with E-state index >= 15 is 0 Å². The topological polar surface area (TPSA) is 84.5 Å². The van der Waals surface area contributed by atoms with Crippen LogP contribution in [-0.4, -0.2) is 28.1 Å². The predicted octanol–water partition coefficient (Wildman–Crippen LogP) is 2.34. The molecule has 0 aliphatic carbocycles. The minimum absolute atomic E-state index is 0.241. The molecule has 2 N–H and O–H groups in total. The molecule has 6 nitrogen and oxygen atoms in total. The first kappa shape index (κ1) is 18.0. The maximum absolute atomic E-state index is 11.9. The lowest BCUT2D eigenvalue weighted by atomic mass is 10.1. The number of carbonyl (C=O) groups excluding carboxylic acids is 1. The number of sulfonamides is 1. The first-order valence-electron chi connectivity index (χ1n) is 6.87. The molecule has 0 aliphatic rings. The fraction of sp³-hybridized carbons (Fsp3) is 0.400. The van der Waals surface area contributed by atoms with E-state index in [2.05, 4.69) is 5.32 Å². The van der Waals surface area contributed by atoms with Crippen LogP contribution in [0.1, 0.15) is 26.3 Å². The molecular formula is C15H22N2O4S. The zero-order valence-electron chi connectivity index (χ0n) is 13.2. The highest BCUT2D eigenvalue weighted by Gasteiger charge is 2.12. The SMILES string of the molecule is COc1ccc(C(C)=CS(=O)(=O)NC(=O)NCC(C)C)cc1. The maximum atomic E-state index is 11.9. The van der Waals surface area contributed by atoms with Crippen LogP contribution < -0.4 is 14.8 Å². The van der Waals surface area contributed by atoms with Gasteiger partial charge in [-0.15, -0.1) is 0 Å². The standard InChI is InChI=1S/C15H22N2O4S/c1-11(2)9-16-15(18)17-22(19,20)10-12(3)13-5-7-14(21-4)8-6-13/h5-8,10-11H,9H2,1-4H3,(H2,16,17,18). The Kier molecular flexibility index (Phi) is 6.42. The molecule has 122 valence electrons. The minimum atomic E-state index is -3.85. The largest absolute Gasteiger partial charge is 0.497 e. The van der Waals surface area contributed by atoms with E-state index in [-0.39, 0.29) is 5.92 Å². The Morgan fingerprint density at radius 3 is 2.36 bits per heavy atom. The number of urea groups is 1. The average Bonchev–Trinajstić information content (AvgIpc) is 2.44. The average molecular weight is 326 g/mol. The normalized spacial score (nSPS) is 12.1. The maximum Gasteiger partial charge on any atom is 0.328 e. The highest BCUT2D eigenvalue weighted by atomic mass is 32.2. The fourth-order valence-electron chi connectivity index (χ4n) is 1.65. The Hall–Kier alpha value is -2.02. The molecule has 22 heavy (non-hydrogen) atoms. The van der Waals surface area contributed by atoms with Crippen LogP contribution in [0.5, 0.6) is 5.75 Å². The second kappa shape index (κ2) is 7.84. The van der Waals surface area contributed by atoms with Gasteiger partial charge in [0.25, 0.3) is 10.0 Å². The van der Waals surface area contributed by atoms with Crippen molar-refractivity contribution in [2.75, 3.05) is 13.7 Å². The van der Waals surface area contributed by atoms with Crippen LogP contribution in [0.4, 0.5) is 4.79 Å². The third kappa shape index (κ3) is 6.17. The van der Waals surface area contributed by atoms with Gasteiger partial charge < -0.3 is 10.1 Å². The van der Waals surface area contributed by atoms with Crippen LogP contribution in [0.15, 0.2) is 29.7 Å². The molecule has 1 aromatic carbocycles. The van der Waals surface area contributed by atoms with Gasteiger partial charge >= 0.3 is 6.03 Å². The van der Waals surface area contributed by atoms with Gasteiger partial charge in [0.05, 0.1) is 12.5 Å². The number of benzene rings is 1. The third-order valence-electron chi connectivity index (χ3n) is 2.78. The Morgan fingerprint density at radius 1 is 1.27 bits per heavy atom. The molecule has 7 heteroatoms. The number of hydrogen-bond acceptors (Lipinski definition) is 4. The highest BCUT2D eigenvalue weighted by molar-refractivity contribution is 7.93. The zero-order chi connectivity index (χ0) is 16.8.